The Bertz CT molecular complexity index is 650. The summed E-state index contributed by atoms with van der Waals surface area (Å²) in [5.74, 6) is 2.60. The zero-order chi connectivity index (χ0) is 15.6. The van der Waals surface area contributed by atoms with Gasteiger partial charge in [-0.3, -0.25) is 4.79 Å². The Balaban J connectivity index is 1.81. The third-order valence-electron chi connectivity index (χ3n) is 6.84. The molecule has 5 atom stereocenters. The molecule has 1 aromatic rings. The zero-order valence-corrected chi connectivity index (χ0v) is 13.3. The number of ketones is 1. The number of phenols is 2. The van der Waals surface area contributed by atoms with Crippen molar-refractivity contribution in [2.24, 2.45) is 23.2 Å². The molecule has 2 saturated carbocycles. The van der Waals surface area contributed by atoms with Crippen molar-refractivity contribution in [3.63, 3.8) is 0 Å². The molecule has 0 aromatic heterocycles. The van der Waals surface area contributed by atoms with E-state index < -0.39 is 0 Å². The lowest BCUT2D eigenvalue weighted by Gasteiger charge is -2.51. The molecule has 2 N–H and O–H groups in total. The van der Waals surface area contributed by atoms with E-state index in [1.165, 1.54) is 6.07 Å². The fourth-order valence-corrected chi connectivity index (χ4v) is 5.86. The minimum absolute atomic E-state index is 0.139. The van der Waals surface area contributed by atoms with Crippen molar-refractivity contribution < 1.29 is 15.0 Å². The molecular formula is C19H24O3. The van der Waals surface area contributed by atoms with Crippen LogP contribution in [-0.4, -0.2) is 16.0 Å². The highest BCUT2D eigenvalue weighted by molar-refractivity contribution is 5.87. The van der Waals surface area contributed by atoms with Crippen molar-refractivity contribution in [1.29, 1.82) is 0 Å². The minimum atomic E-state index is -0.139. The molecular weight excluding hydrogens is 276 g/mol. The third kappa shape index (κ3) is 1.71. The Kier molecular flexibility index (Phi) is 2.88. The topological polar surface area (TPSA) is 57.5 Å². The van der Waals surface area contributed by atoms with Crippen LogP contribution in [0.15, 0.2) is 12.1 Å². The summed E-state index contributed by atoms with van der Waals surface area (Å²) in [6, 6.07) is 3.29. The number of phenolic OH excluding ortho intramolecular Hbond substituents is 2. The summed E-state index contributed by atoms with van der Waals surface area (Å²) >= 11 is 0. The quantitative estimate of drug-likeness (QED) is 0.767. The molecule has 3 nitrogen and oxygen atoms in total. The van der Waals surface area contributed by atoms with Gasteiger partial charge in [-0.05, 0) is 61.0 Å². The molecule has 3 aliphatic carbocycles. The van der Waals surface area contributed by atoms with Crippen LogP contribution in [0, 0.1) is 23.2 Å². The smallest absolute Gasteiger partial charge is 0.139 e. The van der Waals surface area contributed by atoms with Crippen molar-refractivity contribution in [2.75, 3.05) is 0 Å². The number of hydrogen-bond acceptors (Lipinski definition) is 3. The fourth-order valence-electron chi connectivity index (χ4n) is 5.86. The van der Waals surface area contributed by atoms with Crippen LogP contribution in [0.5, 0.6) is 11.5 Å². The molecule has 0 saturated heterocycles. The number of hydrogen-bond donors (Lipinski definition) is 2. The molecule has 0 heterocycles. The SMILES string of the molecule is C[C@@H]1Cc2cc(O)cc(O)c2[C@H]2CC[C@]3(C)C(=O)CC[C@H]3[C@H]12. The van der Waals surface area contributed by atoms with E-state index in [9.17, 15) is 15.0 Å². The van der Waals surface area contributed by atoms with Crippen LogP contribution in [0.25, 0.3) is 0 Å². The predicted molar refractivity (Wildman–Crippen MR) is 83.9 cm³/mol. The largest absolute Gasteiger partial charge is 0.508 e. The number of benzene rings is 1. The maximum absolute atomic E-state index is 12.4. The van der Waals surface area contributed by atoms with Crippen LogP contribution in [0.4, 0.5) is 0 Å². The van der Waals surface area contributed by atoms with Gasteiger partial charge >= 0.3 is 0 Å². The summed E-state index contributed by atoms with van der Waals surface area (Å²) in [4.78, 5) is 12.4. The summed E-state index contributed by atoms with van der Waals surface area (Å²) in [6.45, 7) is 4.44. The van der Waals surface area contributed by atoms with Gasteiger partial charge in [0.1, 0.15) is 17.3 Å². The highest BCUT2D eigenvalue weighted by atomic mass is 16.3. The summed E-state index contributed by atoms with van der Waals surface area (Å²) in [6.07, 6.45) is 4.53. The first-order valence-corrected chi connectivity index (χ1v) is 8.50. The molecule has 3 heteroatoms. The number of fused-ring (bicyclic) bond motifs is 5. The highest BCUT2D eigenvalue weighted by Crippen LogP contribution is 2.62. The molecule has 118 valence electrons. The Morgan fingerprint density at radius 1 is 1.23 bits per heavy atom. The van der Waals surface area contributed by atoms with Crippen molar-refractivity contribution in [1.82, 2.24) is 0 Å². The lowest BCUT2D eigenvalue weighted by Crippen LogP contribution is -2.45. The number of carbonyl (C=O) groups excluding carboxylic acids is 1. The molecule has 3 aliphatic rings. The van der Waals surface area contributed by atoms with E-state index >= 15 is 0 Å². The lowest BCUT2D eigenvalue weighted by atomic mass is 9.53. The first kappa shape index (κ1) is 14.1. The molecule has 0 bridgehead atoms. The second-order valence-electron chi connectivity index (χ2n) is 7.93. The van der Waals surface area contributed by atoms with Crippen molar-refractivity contribution in [2.45, 2.75) is 51.9 Å². The van der Waals surface area contributed by atoms with Crippen molar-refractivity contribution >= 4 is 5.78 Å². The number of aromatic hydroxyl groups is 2. The molecule has 0 amide bonds. The number of rotatable bonds is 0. The van der Waals surface area contributed by atoms with Gasteiger partial charge in [0.25, 0.3) is 0 Å². The second-order valence-corrected chi connectivity index (χ2v) is 7.93. The van der Waals surface area contributed by atoms with E-state index in [1.54, 1.807) is 0 Å². The van der Waals surface area contributed by atoms with Crippen LogP contribution >= 0.6 is 0 Å². The molecule has 1 aromatic carbocycles. The summed E-state index contributed by atoms with van der Waals surface area (Å²) in [7, 11) is 0. The predicted octanol–water partition coefficient (Wildman–Crippen LogP) is 3.77. The molecule has 0 spiro atoms. The first-order valence-electron chi connectivity index (χ1n) is 8.50. The molecule has 0 radical (unpaired) electrons. The van der Waals surface area contributed by atoms with E-state index in [0.29, 0.717) is 29.5 Å². The van der Waals surface area contributed by atoms with Gasteiger partial charge in [0.2, 0.25) is 0 Å². The van der Waals surface area contributed by atoms with E-state index in [1.807, 2.05) is 6.07 Å². The molecule has 0 unspecified atom stereocenters. The van der Waals surface area contributed by atoms with Crippen LogP contribution in [0.2, 0.25) is 0 Å². The molecule has 22 heavy (non-hydrogen) atoms. The molecule has 2 fully saturated rings. The second kappa shape index (κ2) is 4.50. The summed E-state index contributed by atoms with van der Waals surface area (Å²) in [5, 5.41) is 20.2. The van der Waals surface area contributed by atoms with E-state index in [0.717, 1.165) is 43.2 Å². The van der Waals surface area contributed by atoms with Gasteiger partial charge in [-0.2, -0.15) is 0 Å². The van der Waals surface area contributed by atoms with Gasteiger partial charge in [0, 0.05) is 23.5 Å². The highest BCUT2D eigenvalue weighted by Gasteiger charge is 2.56. The fraction of sp³-hybridized carbons (Fsp3) is 0.632. The number of carbonyl (C=O) groups is 1. The van der Waals surface area contributed by atoms with Gasteiger partial charge in [-0.1, -0.05) is 13.8 Å². The van der Waals surface area contributed by atoms with Crippen molar-refractivity contribution in [3.05, 3.63) is 23.3 Å². The average molecular weight is 300 g/mol. The van der Waals surface area contributed by atoms with Crippen LogP contribution in [-0.2, 0) is 11.2 Å². The van der Waals surface area contributed by atoms with Gasteiger partial charge in [-0.25, -0.2) is 0 Å². The Labute approximate surface area is 131 Å². The van der Waals surface area contributed by atoms with E-state index in [-0.39, 0.29) is 16.9 Å². The van der Waals surface area contributed by atoms with Crippen LogP contribution < -0.4 is 0 Å². The average Bonchev–Trinajstić information content (AvgIpc) is 2.74. The summed E-state index contributed by atoms with van der Waals surface area (Å²) in [5.41, 5.74) is 2.00. The van der Waals surface area contributed by atoms with Gasteiger partial charge < -0.3 is 10.2 Å². The van der Waals surface area contributed by atoms with Gasteiger partial charge in [0.05, 0.1) is 0 Å². The maximum atomic E-state index is 12.4. The van der Waals surface area contributed by atoms with E-state index in [4.69, 9.17) is 0 Å². The monoisotopic (exact) mass is 300 g/mol. The Hall–Kier alpha value is -1.51. The standard InChI is InChI=1S/C19H24O3/c1-10-7-11-8-12(20)9-15(21)18(11)13-5-6-19(2)14(17(10)13)3-4-16(19)22/h8-10,13-14,17,20-21H,3-7H2,1-2H3/t10-,13+,14+,17-,19+/m1/s1. The van der Waals surface area contributed by atoms with Crippen molar-refractivity contribution in [3.8, 4) is 11.5 Å². The third-order valence-corrected chi connectivity index (χ3v) is 6.84. The van der Waals surface area contributed by atoms with Gasteiger partial charge in [-0.15, -0.1) is 0 Å². The Morgan fingerprint density at radius 2 is 2.00 bits per heavy atom. The zero-order valence-electron chi connectivity index (χ0n) is 13.3. The summed E-state index contributed by atoms with van der Waals surface area (Å²) < 4.78 is 0. The van der Waals surface area contributed by atoms with E-state index in [2.05, 4.69) is 13.8 Å². The lowest BCUT2D eigenvalue weighted by molar-refractivity contribution is -0.129. The van der Waals surface area contributed by atoms with Crippen LogP contribution in [0.1, 0.15) is 56.6 Å². The normalized spacial score (nSPS) is 40.0. The van der Waals surface area contributed by atoms with Gasteiger partial charge in [0.15, 0.2) is 0 Å². The van der Waals surface area contributed by atoms with Crippen LogP contribution in [0.3, 0.4) is 0 Å². The maximum Gasteiger partial charge on any atom is 0.139 e. The molecule has 4 rings (SSSR count). The first-order chi connectivity index (χ1) is 10.4. The minimum Gasteiger partial charge on any atom is -0.508 e. The Morgan fingerprint density at radius 3 is 2.77 bits per heavy atom. The molecule has 0 aliphatic heterocycles. The number of Topliss-reactive ketones (excluding diaryl/α,β-unsaturated/α-hetero) is 1.